The largest absolute Gasteiger partial charge is 0.370 e. The number of nitrogens with zero attached hydrogens (tertiary/aromatic N) is 4. The highest BCUT2D eigenvalue weighted by Crippen LogP contribution is 2.47. The van der Waals surface area contributed by atoms with Crippen molar-refractivity contribution in [1.82, 2.24) is 19.5 Å². The molecule has 0 aliphatic carbocycles. The number of H-pyrrole nitrogens is 1. The van der Waals surface area contributed by atoms with Crippen LogP contribution in [0, 0.1) is 11.8 Å². The molecule has 1 N–H and O–H groups in total. The van der Waals surface area contributed by atoms with Gasteiger partial charge in [-0.2, -0.15) is 9.40 Å². The topological polar surface area (TPSA) is 82.2 Å². The predicted octanol–water partition coefficient (Wildman–Crippen LogP) is 2.03. The molecule has 2 fully saturated rings. The van der Waals surface area contributed by atoms with E-state index in [9.17, 15) is 8.42 Å². The fraction of sp³-hybridized carbons (Fsp3) is 0.368. The first-order valence-electron chi connectivity index (χ1n) is 9.07. The van der Waals surface area contributed by atoms with E-state index < -0.39 is 10.0 Å². The molecule has 0 saturated carbocycles. The van der Waals surface area contributed by atoms with Gasteiger partial charge in [0.05, 0.1) is 29.6 Å². The number of nitrogens with one attached hydrogen (secondary N) is 1. The molecule has 3 atom stereocenters. The Hall–Kier alpha value is -2.45. The zero-order valence-corrected chi connectivity index (χ0v) is 15.8. The highest BCUT2D eigenvalue weighted by atomic mass is 32.2. The molecule has 2 saturated heterocycles. The fourth-order valence-electron chi connectivity index (χ4n) is 4.72. The average molecular weight is 383 g/mol. The summed E-state index contributed by atoms with van der Waals surface area (Å²) in [6, 6.07) is 11.9. The maximum atomic E-state index is 12.4. The third-order valence-electron chi connectivity index (χ3n) is 5.86. The van der Waals surface area contributed by atoms with E-state index >= 15 is 0 Å². The zero-order valence-electron chi connectivity index (χ0n) is 15.0. The number of anilines is 1. The molecular weight excluding hydrogens is 362 g/mol. The maximum absolute atomic E-state index is 12.4. The minimum absolute atomic E-state index is 0.113. The summed E-state index contributed by atoms with van der Waals surface area (Å²) in [5.41, 5.74) is 2.96. The van der Waals surface area contributed by atoms with Crippen LogP contribution in [0.1, 0.15) is 11.6 Å². The molecule has 8 heteroatoms. The summed E-state index contributed by atoms with van der Waals surface area (Å²) in [5.74, 6) is 0.567. The first-order chi connectivity index (χ1) is 13.0. The van der Waals surface area contributed by atoms with Crippen molar-refractivity contribution in [2.75, 3.05) is 30.8 Å². The number of hydrogen-bond donors (Lipinski definition) is 1. The van der Waals surface area contributed by atoms with Gasteiger partial charge >= 0.3 is 0 Å². The van der Waals surface area contributed by atoms with Crippen molar-refractivity contribution in [3.8, 4) is 0 Å². The zero-order chi connectivity index (χ0) is 18.6. The quantitative estimate of drug-likeness (QED) is 0.748. The van der Waals surface area contributed by atoms with Crippen molar-refractivity contribution in [3.05, 3.63) is 54.4 Å². The first kappa shape index (κ1) is 16.7. The van der Waals surface area contributed by atoms with Gasteiger partial charge in [0.2, 0.25) is 10.0 Å². The van der Waals surface area contributed by atoms with Crippen molar-refractivity contribution in [2.24, 2.45) is 11.8 Å². The normalized spacial score (nSPS) is 26.0. The standard InChI is InChI=1S/C19H21N5O2S/c1-27(25,26)24-11-14-10-23(17-7-8-20-19-15(17)9-21-22-19)12-16(14)18(24)13-5-3-2-4-6-13/h2-9,14,16,18H,10-12H2,1H3,(H,20,21,22)/t14-,16-,18+/m1/s1. The Labute approximate surface area is 158 Å². The number of pyridine rings is 1. The van der Waals surface area contributed by atoms with E-state index in [1.165, 1.54) is 6.26 Å². The first-order valence-corrected chi connectivity index (χ1v) is 10.9. The van der Waals surface area contributed by atoms with Gasteiger partial charge in [-0.3, -0.25) is 5.10 Å². The van der Waals surface area contributed by atoms with Gasteiger partial charge < -0.3 is 4.90 Å². The van der Waals surface area contributed by atoms with Crippen LogP contribution in [0.3, 0.4) is 0 Å². The second-order valence-corrected chi connectivity index (χ2v) is 9.41. The number of aromatic nitrogens is 3. The lowest BCUT2D eigenvalue weighted by atomic mass is 9.90. The molecule has 27 heavy (non-hydrogen) atoms. The number of benzene rings is 1. The molecular formula is C19H21N5O2S. The lowest BCUT2D eigenvalue weighted by Gasteiger charge is -2.29. The maximum Gasteiger partial charge on any atom is 0.211 e. The molecule has 2 aliphatic rings. The van der Waals surface area contributed by atoms with Crippen LogP contribution in [0.4, 0.5) is 5.69 Å². The number of aromatic amines is 1. The molecule has 7 nitrogen and oxygen atoms in total. The van der Waals surface area contributed by atoms with E-state index in [0.29, 0.717) is 12.5 Å². The van der Waals surface area contributed by atoms with Gasteiger partial charge in [0.25, 0.3) is 0 Å². The lowest BCUT2D eigenvalue weighted by molar-refractivity contribution is 0.352. The smallest absolute Gasteiger partial charge is 0.211 e. The minimum Gasteiger partial charge on any atom is -0.370 e. The van der Waals surface area contributed by atoms with Crippen LogP contribution in [0.5, 0.6) is 0 Å². The monoisotopic (exact) mass is 383 g/mol. The van der Waals surface area contributed by atoms with E-state index in [0.717, 1.165) is 35.4 Å². The highest BCUT2D eigenvalue weighted by Gasteiger charge is 2.50. The molecule has 0 spiro atoms. The summed E-state index contributed by atoms with van der Waals surface area (Å²) >= 11 is 0. The molecule has 0 unspecified atom stereocenters. The van der Waals surface area contributed by atoms with Crippen LogP contribution in [-0.4, -0.2) is 53.8 Å². The van der Waals surface area contributed by atoms with Crippen molar-refractivity contribution in [1.29, 1.82) is 0 Å². The summed E-state index contributed by atoms with van der Waals surface area (Å²) in [7, 11) is -3.26. The minimum atomic E-state index is -3.26. The van der Waals surface area contributed by atoms with Crippen LogP contribution in [0.2, 0.25) is 0 Å². The van der Waals surface area contributed by atoms with Crippen molar-refractivity contribution < 1.29 is 8.42 Å². The van der Waals surface area contributed by atoms with Gasteiger partial charge in [-0.1, -0.05) is 30.3 Å². The predicted molar refractivity (Wildman–Crippen MR) is 104 cm³/mol. The third-order valence-corrected chi connectivity index (χ3v) is 7.09. The Bertz CT molecular complexity index is 1080. The number of rotatable bonds is 3. The van der Waals surface area contributed by atoms with E-state index in [2.05, 4.69) is 20.1 Å². The Morgan fingerprint density at radius 2 is 1.93 bits per heavy atom. The molecule has 2 aromatic heterocycles. The summed E-state index contributed by atoms with van der Waals surface area (Å²) in [5, 5.41) is 8.04. The molecule has 0 bridgehead atoms. The number of hydrogen-bond acceptors (Lipinski definition) is 5. The Morgan fingerprint density at radius 3 is 2.70 bits per heavy atom. The molecule has 4 heterocycles. The van der Waals surface area contributed by atoms with E-state index in [4.69, 9.17) is 0 Å². The average Bonchev–Trinajstić information content (AvgIpc) is 3.35. The summed E-state index contributed by atoms with van der Waals surface area (Å²) in [6.07, 6.45) is 4.92. The van der Waals surface area contributed by atoms with Crippen LogP contribution in [0.25, 0.3) is 11.0 Å². The number of fused-ring (bicyclic) bond motifs is 2. The molecule has 140 valence electrons. The van der Waals surface area contributed by atoms with Crippen molar-refractivity contribution in [3.63, 3.8) is 0 Å². The van der Waals surface area contributed by atoms with Crippen molar-refractivity contribution in [2.45, 2.75) is 6.04 Å². The van der Waals surface area contributed by atoms with Crippen LogP contribution in [-0.2, 0) is 10.0 Å². The third kappa shape index (κ3) is 2.71. The van der Waals surface area contributed by atoms with Gasteiger partial charge in [-0.25, -0.2) is 13.4 Å². The SMILES string of the molecule is CS(=O)(=O)N1C[C@H]2CN(c3ccnc4[nH]ncc34)C[C@H]2[C@@H]1c1ccccc1. The van der Waals surface area contributed by atoms with Gasteiger partial charge in [0, 0.05) is 31.7 Å². The summed E-state index contributed by atoms with van der Waals surface area (Å²) in [6.45, 7) is 2.23. The Morgan fingerprint density at radius 1 is 1.11 bits per heavy atom. The molecule has 0 amide bonds. The van der Waals surface area contributed by atoms with Gasteiger partial charge in [-0.15, -0.1) is 0 Å². The second-order valence-electron chi connectivity index (χ2n) is 7.48. The summed E-state index contributed by atoms with van der Waals surface area (Å²) in [4.78, 5) is 6.67. The van der Waals surface area contributed by atoms with Crippen LogP contribution in [0.15, 0.2) is 48.8 Å². The molecule has 5 rings (SSSR count). The Kier molecular flexibility index (Phi) is 3.73. The second kappa shape index (κ2) is 6.03. The van der Waals surface area contributed by atoms with E-state index in [1.807, 2.05) is 42.6 Å². The van der Waals surface area contributed by atoms with Gasteiger partial charge in [-0.05, 0) is 17.5 Å². The van der Waals surface area contributed by atoms with Gasteiger partial charge in [0.1, 0.15) is 0 Å². The number of sulfonamides is 1. The molecule has 2 aliphatic heterocycles. The molecule has 1 aromatic carbocycles. The van der Waals surface area contributed by atoms with E-state index in [-0.39, 0.29) is 12.0 Å². The van der Waals surface area contributed by atoms with Crippen molar-refractivity contribution >= 4 is 26.7 Å². The van der Waals surface area contributed by atoms with E-state index in [1.54, 1.807) is 10.5 Å². The molecule has 3 aromatic rings. The lowest BCUT2D eigenvalue weighted by Crippen LogP contribution is -2.35. The van der Waals surface area contributed by atoms with Gasteiger partial charge in [0.15, 0.2) is 5.65 Å². The van der Waals surface area contributed by atoms with Crippen LogP contribution >= 0.6 is 0 Å². The Balaban J connectivity index is 1.52. The summed E-state index contributed by atoms with van der Waals surface area (Å²) < 4.78 is 26.6. The highest BCUT2D eigenvalue weighted by molar-refractivity contribution is 7.88. The molecule has 0 radical (unpaired) electrons. The fourth-order valence-corrected chi connectivity index (χ4v) is 5.87. The van der Waals surface area contributed by atoms with Crippen LogP contribution < -0.4 is 4.90 Å².